The summed E-state index contributed by atoms with van der Waals surface area (Å²) in [5.74, 6) is -0.218. The van der Waals surface area contributed by atoms with Gasteiger partial charge in [0, 0.05) is 27.8 Å². The average molecular weight is 496 g/mol. The van der Waals surface area contributed by atoms with Crippen LogP contribution in [0, 0.1) is 10.5 Å². The van der Waals surface area contributed by atoms with Crippen LogP contribution >= 0.6 is 22.6 Å². The van der Waals surface area contributed by atoms with E-state index in [4.69, 9.17) is 9.47 Å². The standard InChI is InChI=1S/C21H25IN2O4/c1-16-2-4-17(5-3-16)20(25)23-10-12-27-14-15-28-13-11-24-21(26)18-6-8-19(22)9-7-18/h2-9H,10-15H2,1H3,(H,23,25)(H,24,26). The molecule has 2 N–H and O–H groups in total. The lowest BCUT2D eigenvalue weighted by atomic mass is 10.1. The molecule has 7 heteroatoms. The molecule has 0 aliphatic rings. The van der Waals surface area contributed by atoms with Crippen molar-refractivity contribution in [1.29, 1.82) is 0 Å². The van der Waals surface area contributed by atoms with Gasteiger partial charge in [0.15, 0.2) is 0 Å². The van der Waals surface area contributed by atoms with E-state index in [9.17, 15) is 9.59 Å². The van der Waals surface area contributed by atoms with Crippen LogP contribution < -0.4 is 10.6 Å². The molecule has 0 atom stereocenters. The summed E-state index contributed by atoms with van der Waals surface area (Å²) < 4.78 is 11.9. The maximum atomic E-state index is 11.9. The van der Waals surface area contributed by atoms with Gasteiger partial charge in [-0.2, -0.15) is 0 Å². The number of benzene rings is 2. The van der Waals surface area contributed by atoms with Crippen molar-refractivity contribution in [2.24, 2.45) is 0 Å². The SMILES string of the molecule is Cc1ccc(C(=O)NCCOCCOCCNC(=O)c2ccc(I)cc2)cc1. The van der Waals surface area contributed by atoms with E-state index in [0.29, 0.717) is 50.6 Å². The second kappa shape index (κ2) is 12.5. The number of hydrogen-bond acceptors (Lipinski definition) is 4. The molecule has 0 saturated heterocycles. The molecule has 0 bridgehead atoms. The Kier molecular flexibility index (Phi) is 9.95. The second-order valence-corrected chi connectivity index (χ2v) is 7.36. The fraction of sp³-hybridized carbons (Fsp3) is 0.333. The number of aryl methyl sites for hydroxylation is 1. The van der Waals surface area contributed by atoms with Gasteiger partial charge < -0.3 is 20.1 Å². The summed E-state index contributed by atoms with van der Waals surface area (Å²) in [6.45, 7) is 4.58. The third-order valence-electron chi connectivity index (χ3n) is 3.86. The molecule has 6 nitrogen and oxygen atoms in total. The van der Waals surface area contributed by atoms with E-state index in [1.54, 1.807) is 24.3 Å². The highest BCUT2D eigenvalue weighted by Crippen LogP contribution is 2.06. The Labute approximate surface area is 179 Å². The predicted octanol–water partition coefficient (Wildman–Crippen LogP) is 2.79. The number of rotatable bonds is 11. The molecule has 0 aromatic heterocycles. The molecular formula is C21H25IN2O4. The van der Waals surface area contributed by atoms with Crippen molar-refractivity contribution in [3.63, 3.8) is 0 Å². The number of nitrogens with one attached hydrogen (secondary N) is 2. The lowest BCUT2D eigenvalue weighted by Gasteiger charge is -2.08. The van der Waals surface area contributed by atoms with Gasteiger partial charge in [0.25, 0.3) is 11.8 Å². The molecule has 0 radical (unpaired) electrons. The minimum atomic E-state index is -0.111. The molecule has 0 aliphatic heterocycles. The molecule has 0 saturated carbocycles. The van der Waals surface area contributed by atoms with Crippen molar-refractivity contribution in [2.75, 3.05) is 39.5 Å². The first-order valence-corrected chi connectivity index (χ1v) is 10.2. The van der Waals surface area contributed by atoms with E-state index in [2.05, 4.69) is 33.2 Å². The van der Waals surface area contributed by atoms with Crippen molar-refractivity contribution < 1.29 is 19.1 Å². The van der Waals surface area contributed by atoms with Gasteiger partial charge in [-0.3, -0.25) is 9.59 Å². The summed E-state index contributed by atoms with van der Waals surface area (Å²) in [7, 11) is 0. The van der Waals surface area contributed by atoms with Gasteiger partial charge in [-0.05, 0) is 65.9 Å². The highest BCUT2D eigenvalue weighted by molar-refractivity contribution is 14.1. The molecular weight excluding hydrogens is 471 g/mol. The van der Waals surface area contributed by atoms with Crippen LogP contribution in [0.3, 0.4) is 0 Å². The Bertz CT molecular complexity index is 683. The van der Waals surface area contributed by atoms with Crippen LogP contribution in [0.5, 0.6) is 0 Å². The Morgan fingerprint density at radius 3 is 1.64 bits per heavy atom. The molecule has 2 aromatic carbocycles. The Morgan fingerprint density at radius 1 is 0.750 bits per heavy atom. The molecule has 2 rings (SSSR count). The van der Waals surface area contributed by atoms with Crippen LogP contribution in [0.25, 0.3) is 0 Å². The summed E-state index contributed by atoms with van der Waals surface area (Å²) in [6, 6.07) is 14.8. The van der Waals surface area contributed by atoms with Crippen molar-refractivity contribution >= 4 is 34.4 Å². The lowest BCUT2D eigenvalue weighted by Crippen LogP contribution is -2.28. The molecule has 0 heterocycles. The number of halogens is 1. The van der Waals surface area contributed by atoms with Crippen LogP contribution in [0.4, 0.5) is 0 Å². The number of hydrogen-bond donors (Lipinski definition) is 2. The smallest absolute Gasteiger partial charge is 0.251 e. The largest absolute Gasteiger partial charge is 0.377 e. The Morgan fingerprint density at radius 2 is 1.18 bits per heavy atom. The van der Waals surface area contributed by atoms with Crippen LogP contribution in [-0.4, -0.2) is 51.3 Å². The fourth-order valence-electron chi connectivity index (χ4n) is 2.31. The maximum Gasteiger partial charge on any atom is 0.251 e. The first kappa shape index (κ1) is 22.3. The summed E-state index contributed by atoms with van der Waals surface area (Å²) in [4.78, 5) is 23.8. The molecule has 0 aliphatic carbocycles. The van der Waals surface area contributed by atoms with Crippen molar-refractivity contribution in [3.8, 4) is 0 Å². The van der Waals surface area contributed by atoms with Crippen molar-refractivity contribution in [1.82, 2.24) is 10.6 Å². The minimum absolute atomic E-state index is 0.108. The maximum absolute atomic E-state index is 11.9. The zero-order valence-electron chi connectivity index (χ0n) is 15.9. The van der Waals surface area contributed by atoms with Crippen molar-refractivity contribution in [2.45, 2.75) is 6.92 Å². The first-order valence-electron chi connectivity index (χ1n) is 9.10. The van der Waals surface area contributed by atoms with E-state index in [1.165, 1.54) is 0 Å². The topological polar surface area (TPSA) is 76.7 Å². The molecule has 0 unspecified atom stereocenters. The summed E-state index contributed by atoms with van der Waals surface area (Å²) >= 11 is 2.20. The molecule has 0 spiro atoms. The third-order valence-corrected chi connectivity index (χ3v) is 4.58. The highest BCUT2D eigenvalue weighted by atomic mass is 127. The zero-order valence-corrected chi connectivity index (χ0v) is 18.0. The van der Waals surface area contributed by atoms with E-state index in [-0.39, 0.29) is 11.8 Å². The van der Waals surface area contributed by atoms with Crippen LogP contribution in [0.1, 0.15) is 26.3 Å². The van der Waals surface area contributed by atoms with E-state index in [0.717, 1.165) is 9.13 Å². The minimum Gasteiger partial charge on any atom is -0.377 e. The fourth-order valence-corrected chi connectivity index (χ4v) is 2.67. The van der Waals surface area contributed by atoms with Gasteiger partial charge in [-0.15, -0.1) is 0 Å². The van der Waals surface area contributed by atoms with Gasteiger partial charge in [0.2, 0.25) is 0 Å². The monoisotopic (exact) mass is 496 g/mol. The van der Waals surface area contributed by atoms with E-state index >= 15 is 0 Å². The van der Waals surface area contributed by atoms with Crippen LogP contribution in [-0.2, 0) is 9.47 Å². The molecule has 2 amide bonds. The third kappa shape index (κ3) is 8.37. The molecule has 0 fully saturated rings. The molecule has 2 aromatic rings. The summed E-state index contributed by atoms with van der Waals surface area (Å²) in [5.41, 5.74) is 2.40. The van der Waals surface area contributed by atoms with E-state index in [1.807, 2.05) is 31.2 Å². The lowest BCUT2D eigenvalue weighted by molar-refractivity contribution is 0.0486. The number of carbonyl (C=O) groups excluding carboxylic acids is 2. The zero-order chi connectivity index (χ0) is 20.2. The average Bonchev–Trinajstić information content (AvgIpc) is 2.70. The van der Waals surface area contributed by atoms with Gasteiger partial charge >= 0.3 is 0 Å². The highest BCUT2D eigenvalue weighted by Gasteiger charge is 2.05. The predicted molar refractivity (Wildman–Crippen MR) is 117 cm³/mol. The van der Waals surface area contributed by atoms with Gasteiger partial charge in [0.1, 0.15) is 0 Å². The van der Waals surface area contributed by atoms with Crippen molar-refractivity contribution in [3.05, 3.63) is 68.8 Å². The van der Waals surface area contributed by atoms with E-state index < -0.39 is 0 Å². The van der Waals surface area contributed by atoms with Gasteiger partial charge in [0.05, 0.1) is 26.4 Å². The quantitative estimate of drug-likeness (QED) is 0.371. The molecule has 28 heavy (non-hydrogen) atoms. The Hall–Kier alpha value is -1.97. The number of ether oxygens (including phenoxy) is 2. The normalized spacial score (nSPS) is 10.5. The second-order valence-electron chi connectivity index (χ2n) is 6.11. The Balaban J connectivity index is 1.44. The van der Waals surface area contributed by atoms with Crippen LogP contribution in [0.15, 0.2) is 48.5 Å². The summed E-state index contributed by atoms with van der Waals surface area (Å²) in [5, 5.41) is 5.61. The van der Waals surface area contributed by atoms with Gasteiger partial charge in [-0.25, -0.2) is 0 Å². The molecule has 150 valence electrons. The van der Waals surface area contributed by atoms with Crippen LogP contribution in [0.2, 0.25) is 0 Å². The summed E-state index contributed by atoms with van der Waals surface area (Å²) in [6.07, 6.45) is 0. The number of carbonyl (C=O) groups is 2. The first-order chi connectivity index (χ1) is 13.6. The number of amides is 2. The van der Waals surface area contributed by atoms with Gasteiger partial charge in [-0.1, -0.05) is 17.7 Å².